The van der Waals surface area contributed by atoms with Crippen molar-refractivity contribution in [1.82, 2.24) is 9.78 Å². The van der Waals surface area contributed by atoms with Gasteiger partial charge < -0.3 is 0 Å². The zero-order chi connectivity index (χ0) is 14.8. The van der Waals surface area contributed by atoms with E-state index in [-0.39, 0.29) is 11.4 Å². The molecule has 108 valence electrons. The molecule has 9 heteroatoms. The molecule has 0 atom stereocenters. The number of alkyl halides is 3. The van der Waals surface area contributed by atoms with E-state index in [1.165, 1.54) is 14.0 Å². The number of aryl methyl sites for hydroxylation is 1. The van der Waals surface area contributed by atoms with Crippen molar-refractivity contribution in [3.05, 3.63) is 28.6 Å². The van der Waals surface area contributed by atoms with Crippen LogP contribution >= 0.6 is 11.6 Å². The molecule has 1 heterocycles. The minimum Gasteiger partial charge on any atom is -0.271 e. The maximum atomic E-state index is 12.4. The Bertz CT molecular complexity index is 590. The molecule has 1 aromatic heterocycles. The van der Waals surface area contributed by atoms with E-state index in [1.54, 1.807) is 0 Å². The Hall–Kier alpha value is -1.02. The number of rotatable bonds is 4. The fourth-order valence-corrected chi connectivity index (χ4v) is 3.20. The first kappa shape index (κ1) is 16.0. The van der Waals surface area contributed by atoms with E-state index >= 15 is 0 Å². The van der Waals surface area contributed by atoms with Crippen molar-refractivity contribution in [3.63, 3.8) is 0 Å². The van der Waals surface area contributed by atoms with Gasteiger partial charge in [0.1, 0.15) is 0 Å². The maximum absolute atomic E-state index is 12.4. The maximum Gasteiger partial charge on any atom is 0.435 e. The molecule has 0 bridgehead atoms. The Labute approximate surface area is 113 Å². The van der Waals surface area contributed by atoms with E-state index in [2.05, 4.69) is 5.10 Å². The Kier molecular flexibility index (Phi) is 4.67. The molecule has 0 spiro atoms. The fraction of sp³-hybridized carbons (Fsp3) is 0.500. The van der Waals surface area contributed by atoms with Gasteiger partial charge >= 0.3 is 6.18 Å². The van der Waals surface area contributed by atoms with Crippen LogP contribution in [0.15, 0.2) is 17.2 Å². The lowest BCUT2D eigenvalue weighted by atomic mass is 10.4. The van der Waals surface area contributed by atoms with Gasteiger partial charge in [-0.25, -0.2) is 8.42 Å². The molecule has 1 rings (SSSR count). The van der Waals surface area contributed by atoms with Gasteiger partial charge in [0.2, 0.25) is 0 Å². The van der Waals surface area contributed by atoms with Crippen LogP contribution in [0.25, 0.3) is 0 Å². The number of nitrogens with zero attached hydrogens (tertiary/aromatic N) is 2. The van der Waals surface area contributed by atoms with Gasteiger partial charge in [-0.1, -0.05) is 11.6 Å². The highest BCUT2D eigenvalue weighted by Crippen LogP contribution is 2.28. The van der Waals surface area contributed by atoms with E-state index in [0.717, 1.165) is 16.3 Å². The summed E-state index contributed by atoms with van der Waals surface area (Å²) >= 11 is 5.36. The van der Waals surface area contributed by atoms with E-state index in [1.807, 2.05) is 0 Å². The first-order chi connectivity index (χ1) is 8.55. The van der Waals surface area contributed by atoms with Crippen molar-refractivity contribution in [2.75, 3.05) is 5.75 Å². The van der Waals surface area contributed by atoms with Gasteiger partial charge in [-0.05, 0) is 18.6 Å². The third-order valence-corrected chi connectivity index (χ3v) is 4.27. The van der Waals surface area contributed by atoms with Crippen LogP contribution < -0.4 is 0 Å². The van der Waals surface area contributed by atoms with E-state index in [0.29, 0.717) is 5.57 Å². The molecule has 0 aliphatic rings. The molecule has 0 saturated carbocycles. The Morgan fingerprint density at radius 3 is 2.53 bits per heavy atom. The van der Waals surface area contributed by atoms with E-state index in [4.69, 9.17) is 11.6 Å². The quantitative estimate of drug-likeness (QED) is 0.857. The van der Waals surface area contributed by atoms with Crippen molar-refractivity contribution in [2.24, 2.45) is 7.05 Å². The SMILES string of the molecule is CC(=CCl)CS(=O)(=O)Cc1cc(C(F)(F)F)nn1C. The molecular formula is C10H12ClF3N2O2S. The standard InChI is InChI=1S/C10H12ClF3N2O2S/c1-7(4-11)5-19(17,18)6-8-3-9(10(12,13)14)15-16(8)2/h3-4H,5-6H2,1-2H3. The third-order valence-electron chi connectivity index (χ3n) is 2.27. The number of hydrogen-bond donors (Lipinski definition) is 0. The monoisotopic (exact) mass is 316 g/mol. The average Bonchev–Trinajstić information content (AvgIpc) is 2.58. The van der Waals surface area contributed by atoms with Gasteiger partial charge in [0.05, 0.1) is 17.2 Å². The Balaban J connectivity index is 2.98. The fourth-order valence-electron chi connectivity index (χ4n) is 1.43. The molecule has 0 saturated heterocycles. The smallest absolute Gasteiger partial charge is 0.271 e. The van der Waals surface area contributed by atoms with Crippen LogP contribution in [-0.4, -0.2) is 24.0 Å². The molecule has 0 N–H and O–H groups in total. The first-order valence-electron chi connectivity index (χ1n) is 5.11. The summed E-state index contributed by atoms with van der Waals surface area (Å²) in [6.45, 7) is 1.52. The molecule has 0 radical (unpaired) electrons. The van der Waals surface area contributed by atoms with Crippen molar-refractivity contribution < 1.29 is 21.6 Å². The van der Waals surface area contributed by atoms with Crippen LogP contribution in [0.5, 0.6) is 0 Å². The molecule has 19 heavy (non-hydrogen) atoms. The van der Waals surface area contributed by atoms with Crippen LogP contribution in [0.3, 0.4) is 0 Å². The summed E-state index contributed by atoms with van der Waals surface area (Å²) in [5.74, 6) is -0.822. The predicted octanol–water partition coefficient (Wildman–Crippen LogP) is 2.50. The van der Waals surface area contributed by atoms with Gasteiger partial charge in [0.25, 0.3) is 0 Å². The molecule has 0 amide bonds. The second-order valence-corrected chi connectivity index (χ2v) is 6.41. The largest absolute Gasteiger partial charge is 0.435 e. The third kappa shape index (κ3) is 4.54. The van der Waals surface area contributed by atoms with Crippen molar-refractivity contribution in [2.45, 2.75) is 18.9 Å². The number of aromatic nitrogens is 2. The second-order valence-electron chi connectivity index (χ2n) is 4.13. The normalized spacial score (nSPS) is 13.9. The molecule has 4 nitrogen and oxygen atoms in total. The summed E-state index contributed by atoms with van der Waals surface area (Å²) in [4.78, 5) is 0. The molecule has 0 aliphatic heterocycles. The van der Waals surface area contributed by atoms with Crippen molar-refractivity contribution in [3.8, 4) is 0 Å². The van der Waals surface area contributed by atoms with Crippen molar-refractivity contribution in [1.29, 1.82) is 0 Å². The van der Waals surface area contributed by atoms with E-state index in [9.17, 15) is 21.6 Å². The van der Waals surface area contributed by atoms with Crippen molar-refractivity contribution >= 4 is 21.4 Å². The molecule has 0 fully saturated rings. The number of halogens is 4. The molecule has 1 aromatic rings. The average molecular weight is 317 g/mol. The first-order valence-corrected chi connectivity index (χ1v) is 7.37. The van der Waals surface area contributed by atoms with Crippen LogP contribution in [0, 0.1) is 0 Å². The highest BCUT2D eigenvalue weighted by Gasteiger charge is 2.35. The van der Waals surface area contributed by atoms with E-state index < -0.39 is 27.5 Å². The highest BCUT2D eigenvalue weighted by molar-refractivity contribution is 7.90. The highest BCUT2D eigenvalue weighted by atomic mass is 35.5. The Morgan fingerprint density at radius 1 is 1.53 bits per heavy atom. The predicted molar refractivity (Wildman–Crippen MR) is 65.3 cm³/mol. The lowest BCUT2D eigenvalue weighted by molar-refractivity contribution is -0.141. The van der Waals surface area contributed by atoms with Gasteiger partial charge in [-0.3, -0.25) is 4.68 Å². The summed E-state index contributed by atoms with van der Waals surface area (Å²) in [7, 11) is -2.31. The van der Waals surface area contributed by atoms with Gasteiger partial charge in [-0.15, -0.1) is 0 Å². The molecule has 0 aromatic carbocycles. The number of hydrogen-bond acceptors (Lipinski definition) is 3. The topological polar surface area (TPSA) is 52.0 Å². The molecule has 0 aliphatic carbocycles. The van der Waals surface area contributed by atoms with Crippen LogP contribution in [0.4, 0.5) is 13.2 Å². The summed E-state index contributed by atoms with van der Waals surface area (Å²) < 4.78 is 61.7. The van der Waals surface area contributed by atoms with Gasteiger partial charge in [0.15, 0.2) is 15.5 Å². The zero-order valence-electron chi connectivity index (χ0n) is 10.2. The Morgan fingerprint density at radius 2 is 2.11 bits per heavy atom. The van der Waals surface area contributed by atoms with Gasteiger partial charge in [-0.2, -0.15) is 18.3 Å². The molecular weight excluding hydrogens is 305 g/mol. The lowest BCUT2D eigenvalue weighted by Crippen LogP contribution is -2.12. The van der Waals surface area contributed by atoms with Crippen LogP contribution in [-0.2, 0) is 28.8 Å². The summed E-state index contributed by atoms with van der Waals surface area (Å²) in [5.41, 5.74) is 0.418. The zero-order valence-corrected chi connectivity index (χ0v) is 11.8. The lowest BCUT2D eigenvalue weighted by Gasteiger charge is -2.04. The molecule has 0 unspecified atom stereocenters. The van der Waals surface area contributed by atoms with Crippen LogP contribution in [0.1, 0.15) is 18.3 Å². The summed E-state index contributed by atoms with van der Waals surface area (Å²) in [6, 6.07) is 0.733. The number of sulfone groups is 1. The minimum absolute atomic E-state index is 0.0188. The van der Waals surface area contributed by atoms with Gasteiger partial charge in [0, 0.05) is 12.6 Å². The summed E-state index contributed by atoms with van der Waals surface area (Å²) in [5, 5.41) is 3.25. The second kappa shape index (κ2) is 5.54. The van der Waals surface area contributed by atoms with Crippen LogP contribution in [0.2, 0.25) is 0 Å². The minimum atomic E-state index is -4.59. The summed E-state index contributed by atoms with van der Waals surface area (Å²) in [6.07, 6.45) is -4.59.